The number of nitrogens with zero attached hydrogens (tertiary/aromatic N) is 1. The van der Waals surface area contributed by atoms with Gasteiger partial charge in [0, 0.05) is 30.6 Å². The van der Waals surface area contributed by atoms with Crippen LogP contribution in [0.4, 0.5) is 21.6 Å². The van der Waals surface area contributed by atoms with Crippen LogP contribution in [0.3, 0.4) is 0 Å². The minimum absolute atomic E-state index is 0.326. The number of pyridine rings is 1. The lowest BCUT2D eigenvalue weighted by Gasteiger charge is -2.12. The molecule has 106 valence electrons. The van der Waals surface area contributed by atoms with Crippen molar-refractivity contribution in [3.05, 3.63) is 42.3 Å². The van der Waals surface area contributed by atoms with Crippen LogP contribution >= 0.6 is 0 Å². The second-order valence-electron chi connectivity index (χ2n) is 4.33. The highest BCUT2D eigenvalue weighted by Crippen LogP contribution is 2.28. The Hall–Kier alpha value is -2.30. The summed E-state index contributed by atoms with van der Waals surface area (Å²) in [6, 6.07) is 8.13. The third-order valence-electron chi connectivity index (χ3n) is 2.76. The fraction of sp³-hybridized carbons (Fsp3) is 0.267. The highest BCUT2D eigenvalue weighted by atomic mass is 19.1. The van der Waals surface area contributed by atoms with Gasteiger partial charge >= 0.3 is 0 Å². The van der Waals surface area contributed by atoms with E-state index in [-0.39, 0.29) is 5.82 Å². The third kappa shape index (κ3) is 3.60. The molecule has 1 aromatic carbocycles. The van der Waals surface area contributed by atoms with Crippen molar-refractivity contribution in [1.29, 1.82) is 0 Å². The molecule has 2 N–H and O–H groups in total. The lowest BCUT2D eigenvalue weighted by atomic mass is 10.2. The van der Waals surface area contributed by atoms with Crippen molar-refractivity contribution >= 4 is 17.2 Å². The maximum Gasteiger partial charge on any atom is 0.145 e. The molecule has 0 aliphatic heterocycles. The standard InChI is InChI=1S/C15H18FN3O/c1-3-7-17-15-10-12(6-8-18-15)19-13-5-4-11(16)9-14(13)20-2/h4-6,8-10H,3,7H2,1-2H3,(H2,17,18,19). The Bertz CT molecular complexity index is 575. The Morgan fingerprint density at radius 3 is 2.85 bits per heavy atom. The lowest BCUT2D eigenvalue weighted by Crippen LogP contribution is -2.02. The van der Waals surface area contributed by atoms with Gasteiger partial charge in [-0.3, -0.25) is 0 Å². The molecule has 0 spiro atoms. The van der Waals surface area contributed by atoms with E-state index in [1.165, 1.54) is 19.2 Å². The van der Waals surface area contributed by atoms with Crippen LogP contribution in [-0.2, 0) is 0 Å². The van der Waals surface area contributed by atoms with E-state index in [1.54, 1.807) is 12.3 Å². The van der Waals surface area contributed by atoms with Crippen LogP contribution in [0.2, 0.25) is 0 Å². The minimum Gasteiger partial charge on any atom is -0.494 e. The molecule has 2 aromatic rings. The number of nitrogens with one attached hydrogen (secondary N) is 2. The monoisotopic (exact) mass is 275 g/mol. The van der Waals surface area contributed by atoms with Gasteiger partial charge in [0.25, 0.3) is 0 Å². The van der Waals surface area contributed by atoms with Crippen LogP contribution in [-0.4, -0.2) is 18.6 Å². The van der Waals surface area contributed by atoms with Crippen molar-refractivity contribution in [2.45, 2.75) is 13.3 Å². The molecule has 0 aliphatic rings. The van der Waals surface area contributed by atoms with E-state index < -0.39 is 0 Å². The first kappa shape index (κ1) is 14.1. The molecule has 0 unspecified atom stereocenters. The van der Waals surface area contributed by atoms with Gasteiger partial charge < -0.3 is 15.4 Å². The summed E-state index contributed by atoms with van der Waals surface area (Å²) in [6.07, 6.45) is 2.75. The average molecular weight is 275 g/mol. The van der Waals surface area contributed by atoms with Crippen molar-refractivity contribution in [1.82, 2.24) is 4.98 Å². The van der Waals surface area contributed by atoms with Crippen molar-refractivity contribution in [3.63, 3.8) is 0 Å². The first-order valence-electron chi connectivity index (χ1n) is 6.53. The van der Waals surface area contributed by atoms with Crippen LogP contribution < -0.4 is 15.4 Å². The Morgan fingerprint density at radius 1 is 1.25 bits per heavy atom. The second-order valence-corrected chi connectivity index (χ2v) is 4.33. The maximum atomic E-state index is 13.1. The first-order valence-corrected chi connectivity index (χ1v) is 6.53. The predicted octanol–water partition coefficient (Wildman–Crippen LogP) is 3.79. The molecule has 0 saturated heterocycles. The predicted molar refractivity (Wildman–Crippen MR) is 79.3 cm³/mol. The molecule has 20 heavy (non-hydrogen) atoms. The zero-order chi connectivity index (χ0) is 14.4. The molecule has 0 saturated carbocycles. The summed E-state index contributed by atoms with van der Waals surface area (Å²) < 4.78 is 18.3. The molecule has 0 fully saturated rings. The minimum atomic E-state index is -0.326. The number of aromatic nitrogens is 1. The zero-order valence-corrected chi connectivity index (χ0v) is 11.6. The summed E-state index contributed by atoms with van der Waals surface area (Å²) in [4.78, 5) is 4.23. The number of halogens is 1. The van der Waals surface area contributed by atoms with E-state index in [0.29, 0.717) is 11.4 Å². The van der Waals surface area contributed by atoms with Crippen LogP contribution in [0, 0.1) is 5.82 Å². The Kier molecular flexibility index (Phi) is 4.76. The van der Waals surface area contributed by atoms with Gasteiger partial charge in [-0.05, 0) is 24.6 Å². The largest absolute Gasteiger partial charge is 0.494 e. The molecule has 0 amide bonds. The topological polar surface area (TPSA) is 46.2 Å². The SMILES string of the molecule is CCCNc1cc(Nc2ccc(F)cc2OC)ccn1. The quantitative estimate of drug-likeness (QED) is 0.842. The van der Waals surface area contributed by atoms with Gasteiger partial charge in [0.2, 0.25) is 0 Å². The van der Waals surface area contributed by atoms with Crippen LogP contribution in [0.15, 0.2) is 36.5 Å². The highest BCUT2D eigenvalue weighted by Gasteiger charge is 2.05. The van der Waals surface area contributed by atoms with Crippen molar-refractivity contribution < 1.29 is 9.13 Å². The third-order valence-corrected chi connectivity index (χ3v) is 2.76. The van der Waals surface area contributed by atoms with E-state index in [9.17, 15) is 4.39 Å². The molecule has 4 nitrogen and oxygen atoms in total. The number of ether oxygens (including phenoxy) is 1. The van der Waals surface area contributed by atoms with Gasteiger partial charge in [-0.25, -0.2) is 9.37 Å². The summed E-state index contributed by atoms with van der Waals surface area (Å²) in [5.74, 6) is 0.940. The number of rotatable bonds is 6. The van der Waals surface area contributed by atoms with Gasteiger partial charge in [-0.1, -0.05) is 6.92 Å². The summed E-state index contributed by atoms with van der Waals surface area (Å²) in [6.45, 7) is 2.97. The molecule has 0 atom stereocenters. The van der Waals surface area contributed by atoms with Gasteiger partial charge in [0.15, 0.2) is 0 Å². The Balaban J connectivity index is 2.17. The number of anilines is 3. The number of benzene rings is 1. The van der Waals surface area contributed by atoms with Crippen molar-refractivity contribution in [3.8, 4) is 5.75 Å². The second kappa shape index (κ2) is 6.75. The molecule has 5 heteroatoms. The summed E-state index contributed by atoms with van der Waals surface area (Å²) >= 11 is 0. The molecular weight excluding hydrogens is 257 g/mol. The van der Waals surface area contributed by atoms with Gasteiger partial charge in [-0.15, -0.1) is 0 Å². The van der Waals surface area contributed by atoms with E-state index in [2.05, 4.69) is 22.5 Å². The summed E-state index contributed by atoms with van der Waals surface area (Å²) in [5, 5.41) is 6.41. The Morgan fingerprint density at radius 2 is 2.10 bits per heavy atom. The summed E-state index contributed by atoms with van der Waals surface area (Å²) in [5.41, 5.74) is 1.57. The van der Waals surface area contributed by atoms with Gasteiger partial charge in [-0.2, -0.15) is 0 Å². The van der Waals surface area contributed by atoms with Crippen LogP contribution in [0.25, 0.3) is 0 Å². The van der Waals surface area contributed by atoms with Crippen LogP contribution in [0.1, 0.15) is 13.3 Å². The number of hydrogen-bond acceptors (Lipinski definition) is 4. The smallest absolute Gasteiger partial charge is 0.145 e. The van der Waals surface area contributed by atoms with Crippen molar-refractivity contribution in [2.24, 2.45) is 0 Å². The molecular formula is C15H18FN3O. The zero-order valence-electron chi connectivity index (χ0n) is 11.6. The summed E-state index contributed by atoms with van der Waals surface area (Å²) in [7, 11) is 1.51. The van der Waals surface area contributed by atoms with E-state index >= 15 is 0 Å². The van der Waals surface area contributed by atoms with Crippen molar-refractivity contribution in [2.75, 3.05) is 24.3 Å². The van der Waals surface area contributed by atoms with E-state index in [4.69, 9.17) is 4.74 Å². The molecule has 0 radical (unpaired) electrons. The fourth-order valence-corrected chi connectivity index (χ4v) is 1.78. The highest BCUT2D eigenvalue weighted by molar-refractivity contribution is 5.67. The normalized spacial score (nSPS) is 10.2. The lowest BCUT2D eigenvalue weighted by molar-refractivity contribution is 0.413. The molecule has 1 aromatic heterocycles. The first-order chi connectivity index (χ1) is 9.72. The Labute approximate surface area is 118 Å². The van der Waals surface area contributed by atoms with Crippen LogP contribution in [0.5, 0.6) is 5.75 Å². The van der Waals surface area contributed by atoms with E-state index in [0.717, 1.165) is 24.5 Å². The van der Waals surface area contributed by atoms with Gasteiger partial charge in [0.1, 0.15) is 17.4 Å². The average Bonchev–Trinajstić information content (AvgIpc) is 2.47. The number of methoxy groups -OCH3 is 1. The molecule has 0 bridgehead atoms. The maximum absolute atomic E-state index is 13.1. The van der Waals surface area contributed by atoms with Gasteiger partial charge in [0.05, 0.1) is 12.8 Å². The molecule has 2 rings (SSSR count). The van der Waals surface area contributed by atoms with E-state index in [1.807, 2.05) is 12.1 Å². The molecule has 0 aliphatic carbocycles. The fourth-order valence-electron chi connectivity index (χ4n) is 1.78. The molecule has 1 heterocycles. The number of hydrogen-bond donors (Lipinski definition) is 2.